The van der Waals surface area contributed by atoms with Gasteiger partial charge >= 0.3 is 0 Å². The minimum Gasteiger partial charge on any atom is -0.325 e. The highest BCUT2D eigenvalue weighted by atomic mass is 32.2. The fraction of sp³-hybridized carbons (Fsp3) is 0.235. The van der Waals surface area contributed by atoms with Gasteiger partial charge in [0.05, 0.1) is 15.9 Å². The fourth-order valence-corrected chi connectivity index (χ4v) is 2.83. The quantitative estimate of drug-likeness (QED) is 0.503. The van der Waals surface area contributed by atoms with Gasteiger partial charge in [-0.05, 0) is 38.5 Å². The van der Waals surface area contributed by atoms with Crippen LogP contribution in [0, 0.1) is 24.0 Å². The molecule has 0 aliphatic rings. The number of rotatable bonds is 5. The molecule has 0 spiro atoms. The second kappa shape index (κ2) is 7.28. The van der Waals surface area contributed by atoms with Crippen LogP contribution in [-0.4, -0.2) is 16.1 Å². The molecule has 120 valence electrons. The number of anilines is 1. The Hall–Kier alpha value is -2.34. The van der Waals surface area contributed by atoms with Gasteiger partial charge in [-0.15, -0.1) is 11.8 Å². The van der Waals surface area contributed by atoms with Crippen LogP contribution < -0.4 is 5.32 Å². The van der Waals surface area contributed by atoms with Crippen LogP contribution in [0.3, 0.4) is 0 Å². The molecule has 1 amide bonds. The van der Waals surface area contributed by atoms with Crippen molar-refractivity contribution in [1.29, 1.82) is 0 Å². The second-order valence-electron chi connectivity index (χ2n) is 5.32. The molecule has 1 N–H and O–H groups in total. The Morgan fingerprint density at radius 1 is 1.17 bits per heavy atom. The largest absolute Gasteiger partial charge is 0.325 e. The Bertz CT molecular complexity index is 729. The van der Waals surface area contributed by atoms with Gasteiger partial charge in [0.2, 0.25) is 5.91 Å². The number of benzene rings is 2. The van der Waals surface area contributed by atoms with Crippen molar-refractivity contribution >= 4 is 29.0 Å². The average Bonchev–Trinajstić information content (AvgIpc) is 2.51. The second-order valence-corrected chi connectivity index (χ2v) is 6.73. The van der Waals surface area contributed by atoms with E-state index in [1.165, 1.54) is 29.5 Å². The first kappa shape index (κ1) is 17.0. The zero-order valence-corrected chi connectivity index (χ0v) is 14.0. The zero-order chi connectivity index (χ0) is 17.0. The number of nitro groups is 1. The molecule has 2 rings (SSSR count). The highest BCUT2D eigenvalue weighted by Crippen LogP contribution is 2.26. The van der Waals surface area contributed by atoms with Crippen molar-refractivity contribution in [1.82, 2.24) is 0 Å². The van der Waals surface area contributed by atoms with Gasteiger partial charge in [-0.25, -0.2) is 0 Å². The van der Waals surface area contributed by atoms with Crippen molar-refractivity contribution in [3.8, 4) is 0 Å². The SMILES string of the molecule is Cc1ccc(S[C@@H](C)C(=O)Nc2cc([N+](=O)[O-])ccc2C)cc1. The molecule has 0 aliphatic carbocycles. The van der Waals surface area contributed by atoms with Gasteiger partial charge in [0.25, 0.3) is 5.69 Å². The van der Waals surface area contributed by atoms with E-state index in [1.54, 1.807) is 13.0 Å². The molecule has 6 heteroatoms. The summed E-state index contributed by atoms with van der Waals surface area (Å²) < 4.78 is 0. The molecule has 23 heavy (non-hydrogen) atoms. The Labute approximate surface area is 139 Å². The van der Waals surface area contributed by atoms with Crippen LogP contribution in [0.2, 0.25) is 0 Å². The van der Waals surface area contributed by atoms with Gasteiger partial charge in [0.15, 0.2) is 0 Å². The number of nitrogens with zero attached hydrogens (tertiary/aromatic N) is 1. The topological polar surface area (TPSA) is 72.2 Å². The summed E-state index contributed by atoms with van der Waals surface area (Å²) in [5, 5.41) is 13.3. The van der Waals surface area contributed by atoms with Gasteiger partial charge in [0, 0.05) is 17.0 Å². The number of nitrogens with one attached hydrogen (secondary N) is 1. The van der Waals surface area contributed by atoms with Crippen LogP contribution in [0.5, 0.6) is 0 Å². The third-order valence-corrected chi connectivity index (χ3v) is 4.50. The molecule has 0 aliphatic heterocycles. The minimum atomic E-state index is -0.473. The molecular weight excluding hydrogens is 312 g/mol. The van der Waals surface area contributed by atoms with E-state index < -0.39 is 4.92 Å². The third kappa shape index (κ3) is 4.56. The maximum absolute atomic E-state index is 12.3. The lowest BCUT2D eigenvalue weighted by molar-refractivity contribution is -0.384. The number of carbonyl (C=O) groups excluding carboxylic acids is 1. The summed E-state index contributed by atoms with van der Waals surface area (Å²) in [6.07, 6.45) is 0. The monoisotopic (exact) mass is 330 g/mol. The normalized spacial score (nSPS) is 11.8. The number of amides is 1. The maximum Gasteiger partial charge on any atom is 0.271 e. The lowest BCUT2D eigenvalue weighted by atomic mass is 10.2. The number of hydrogen-bond acceptors (Lipinski definition) is 4. The van der Waals surface area contributed by atoms with Crippen molar-refractivity contribution in [2.75, 3.05) is 5.32 Å². The van der Waals surface area contributed by atoms with Crippen LogP contribution in [-0.2, 0) is 4.79 Å². The molecule has 1 atom stereocenters. The number of nitro benzene ring substituents is 1. The first-order valence-electron chi connectivity index (χ1n) is 7.16. The van der Waals surface area contributed by atoms with Crippen molar-refractivity contribution in [2.24, 2.45) is 0 Å². The summed E-state index contributed by atoms with van der Waals surface area (Å²) in [5.41, 5.74) is 2.39. The lowest BCUT2D eigenvalue weighted by Crippen LogP contribution is -2.22. The van der Waals surface area contributed by atoms with Crippen LogP contribution >= 0.6 is 11.8 Å². The van der Waals surface area contributed by atoms with E-state index in [-0.39, 0.29) is 16.8 Å². The summed E-state index contributed by atoms with van der Waals surface area (Å²) in [6, 6.07) is 12.4. The average molecular weight is 330 g/mol. The number of non-ortho nitro benzene ring substituents is 1. The highest BCUT2D eigenvalue weighted by molar-refractivity contribution is 8.00. The molecule has 0 aromatic heterocycles. The molecular formula is C17H18N2O3S. The highest BCUT2D eigenvalue weighted by Gasteiger charge is 2.17. The van der Waals surface area contributed by atoms with Crippen molar-refractivity contribution in [3.63, 3.8) is 0 Å². The number of aryl methyl sites for hydroxylation is 2. The molecule has 5 nitrogen and oxygen atoms in total. The van der Waals surface area contributed by atoms with Crippen molar-refractivity contribution < 1.29 is 9.72 Å². The third-order valence-electron chi connectivity index (χ3n) is 3.39. The van der Waals surface area contributed by atoms with Crippen molar-refractivity contribution in [2.45, 2.75) is 30.9 Å². The number of carbonyl (C=O) groups is 1. The maximum atomic E-state index is 12.3. The molecule has 2 aromatic carbocycles. The Morgan fingerprint density at radius 3 is 2.43 bits per heavy atom. The standard InChI is InChI=1S/C17H18N2O3S/c1-11-4-8-15(9-5-11)23-13(3)17(20)18-16-10-14(19(21)22)7-6-12(16)2/h4-10,13H,1-3H3,(H,18,20)/t13-/m0/s1. The summed E-state index contributed by atoms with van der Waals surface area (Å²) in [6.45, 7) is 5.62. The van der Waals surface area contributed by atoms with Crippen LogP contribution in [0.4, 0.5) is 11.4 Å². The van der Waals surface area contributed by atoms with E-state index in [2.05, 4.69) is 5.32 Å². The molecule has 2 aromatic rings. The van der Waals surface area contributed by atoms with Gasteiger partial charge in [0.1, 0.15) is 0 Å². The summed E-state index contributed by atoms with van der Waals surface area (Å²) in [4.78, 5) is 23.7. The minimum absolute atomic E-state index is 0.0373. The Kier molecular flexibility index (Phi) is 5.39. The van der Waals surface area contributed by atoms with E-state index in [4.69, 9.17) is 0 Å². The van der Waals surface area contributed by atoms with Crippen molar-refractivity contribution in [3.05, 3.63) is 63.7 Å². The molecule has 0 heterocycles. The summed E-state index contributed by atoms with van der Waals surface area (Å²) in [7, 11) is 0. The molecule has 0 radical (unpaired) electrons. The Morgan fingerprint density at radius 2 is 1.83 bits per heavy atom. The summed E-state index contributed by atoms with van der Waals surface area (Å²) in [5.74, 6) is -0.181. The summed E-state index contributed by atoms with van der Waals surface area (Å²) >= 11 is 1.45. The number of hydrogen-bond donors (Lipinski definition) is 1. The van der Waals surface area contributed by atoms with Gasteiger partial charge in [-0.3, -0.25) is 14.9 Å². The van der Waals surface area contributed by atoms with E-state index in [9.17, 15) is 14.9 Å². The van der Waals surface area contributed by atoms with E-state index >= 15 is 0 Å². The molecule has 0 saturated heterocycles. The number of thioether (sulfide) groups is 1. The van der Waals surface area contributed by atoms with E-state index in [1.807, 2.05) is 38.1 Å². The molecule has 0 saturated carbocycles. The predicted octanol–water partition coefficient (Wildman–Crippen LogP) is 4.33. The van der Waals surface area contributed by atoms with Crippen LogP contribution in [0.25, 0.3) is 0 Å². The van der Waals surface area contributed by atoms with Gasteiger partial charge in [-0.2, -0.15) is 0 Å². The Balaban J connectivity index is 2.07. The van der Waals surface area contributed by atoms with E-state index in [0.717, 1.165) is 10.5 Å². The molecule has 0 bridgehead atoms. The lowest BCUT2D eigenvalue weighted by Gasteiger charge is -2.13. The van der Waals surface area contributed by atoms with E-state index in [0.29, 0.717) is 5.69 Å². The first-order valence-corrected chi connectivity index (χ1v) is 8.04. The molecule has 0 unspecified atom stereocenters. The van der Waals surface area contributed by atoms with Gasteiger partial charge < -0.3 is 5.32 Å². The van der Waals surface area contributed by atoms with Crippen LogP contribution in [0.1, 0.15) is 18.1 Å². The predicted molar refractivity (Wildman–Crippen MR) is 93.0 cm³/mol. The smallest absolute Gasteiger partial charge is 0.271 e. The van der Waals surface area contributed by atoms with Gasteiger partial charge in [-0.1, -0.05) is 23.8 Å². The zero-order valence-electron chi connectivity index (χ0n) is 13.2. The first-order chi connectivity index (χ1) is 10.9. The fourth-order valence-electron chi connectivity index (χ4n) is 1.97. The molecule has 0 fully saturated rings. The van der Waals surface area contributed by atoms with Crippen LogP contribution in [0.15, 0.2) is 47.4 Å².